The number of nitrogens with zero attached hydrogens (tertiary/aromatic N) is 3. The van der Waals surface area contributed by atoms with E-state index in [1.54, 1.807) is 0 Å². The van der Waals surface area contributed by atoms with E-state index >= 15 is 0 Å². The smallest absolute Gasteiger partial charge is 0.181 e. The molecule has 0 N–H and O–H groups in total. The summed E-state index contributed by atoms with van der Waals surface area (Å²) < 4.78 is 2.05. The van der Waals surface area contributed by atoms with Crippen LogP contribution >= 0.6 is 0 Å². The molecule has 1 aromatic heterocycles. The summed E-state index contributed by atoms with van der Waals surface area (Å²) in [6, 6.07) is 17.2. The Kier molecular flexibility index (Phi) is 3.49. The number of aromatic nitrogens is 3. The standard InChI is InChI=1S/C20H21N3/c1-14(2)12-15-6-5-8-17(13-15)19-21-20-18-9-4-3-7-16(18)10-11-23(20)22-19/h3-9,13-14H,10-12H2,1-2H3. The van der Waals surface area contributed by atoms with Crippen LogP contribution in [-0.2, 0) is 19.4 Å². The molecule has 2 heterocycles. The Hall–Kier alpha value is -2.42. The fraction of sp³-hybridized carbons (Fsp3) is 0.300. The van der Waals surface area contributed by atoms with Crippen LogP contribution in [0.4, 0.5) is 0 Å². The van der Waals surface area contributed by atoms with E-state index in [0.29, 0.717) is 5.92 Å². The Bertz CT molecular complexity index is 846. The first-order valence-electron chi connectivity index (χ1n) is 8.33. The third-order valence-electron chi connectivity index (χ3n) is 4.35. The summed E-state index contributed by atoms with van der Waals surface area (Å²) in [5.74, 6) is 2.48. The molecular weight excluding hydrogens is 282 g/mol. The van der Waals surface area contributed by atoms with Crippen LogP contribution in [0.3, 0.4) is 0 Å². The summed E-state index contributed by atoms with van der Waals surface area (Å²) in [7, 11) is 0. The third-order valence-corrected chi connectivity index (χ3v) is 4.35. The topological polar surface area (TPSA) is 30.7 Å². The first kappa shape index (κ1) is 14.2. The Balaban J connectivity index is 1.74. The van der Waals surface area contributed by atoms with Gasteiger partial charge in [-0.1, -0.05) is 56.3 Å². The van der Waals surface area contributed by atoms with Crippen LogP contribution in [-0.4, -0.2) is 14.8 Å². The lowest BCUT2D eigenvalue weighted by Crippen LogP contribution is -2.11. The SMILES string of the molecule is CC(C)Cc1cccc(-c2nc3n(n2)CCc2ccccc2-3)c1. The van der Waals surface area contributed by atoms with E-state index in [4.69, 9.17) is 10.1 Å². The molecule has 1 aliphatic rings. The average molecular weight is 303 g/mol. The van der Waals surface area contributed by atoms with Gasteiger partial charge in [0.25, 0.3) is 0 Å². The normalized spacial score (nSPS) is 13.0. The molecule has 0 saturated heterocycles. The lowest BCUT2D eigenvalue weighted by Gasteiger charge is -2.15. The Labute approximate surface area is 137 Å². The number of rotatable bonds is 3. The van der Waals surface area contributed by atoms with Gasteiger partial charge in [-0.25, -0.2) is 9.67 Å². The summed E-state index contributed by atoms with van der Waals surface area (Å²) >= 11 is 0. The molecule has 0 bridgehead atoms. The second-order valence-electron chi connectivity index (χ2n) is 6.69. The zero-order valence-corrected chi connectivity index (χ0v) is 13.7. The van der Waals surface area contributed by atoms with E-state index in [1.165, 1.54) is 16.7 Å². The molecule has 0 atom stereocenters. The monoisotopic (exact) mass is 303 g/mol. The number of fused-ring (bicyclic) bond motifs is 3. The summed E-state index contributed by atoms with van der Waals surface area (Å²) in [5, 5.41) is 4.75. The first-order chi connectivity index (χ1) is 11.2. The lowest BCUT2D eigenvalue weighted by atomic mass is 10.0. The Morgan fingerprint density at radius 2 is 1.96 bits per heavy atom. The summed E-state index contributed by atoms with van der Waals surface area (Å²) in [4.78, 5) is 4.83. The number of benzene rings is 2. The van der Waals surface area contributed by atoms with Crippen LogP contribution < -0.4 is 0 Å². The van der Waals surface area contributed by atoms with Crippen molar-refractivity contribution in [2.45, 2.75) is 33.2 Å². The van der Waals surface area contributed by atoms with Gasteiger partial charge in [-0.15, -0.1) is 0 Å². The second kappa shape index (κ2) is 5.65. The van der Waals surface area contributed by atoms with Crippen LogP contribution in [0.1, 0.15) is 25.0 Å². The van der Waals surface area contributed by atoms with Gasteiger partial charge in [-0.2, -0.15) is 5.10 Å². The van der Waals surface area contributed by atoms with Crippen molar-refractivity contribution in [3.63, 3.8) is 0 Å². The van der Waals surface area contributed by atoms with Crippen LogP contribution in [0.15, 0.2) is 48.5 Å². The minimum atomic E-state index is 0.653. The van der Waals surface area contributed by atoms with Crippen molar-refractivity contribution < 1.29 is 0 Å². The van der Waals surface area contributed by atoms with Crippen molar-refractivity contribution >= 4 is 0 Å². The van der Waals surface area contributed by atoms with Gasteiger partial charge in [0.15, 0.2) is 11.6 Å². The lowest BCUT2D eigenvalue weighted by molar-refractivity contribution is 0.607. The predicted octanol–water partition coefficient (Wildman–Crippen LogP) is 4.37. The molecule has 4 rings (SSSR count). The van der Waals surface area contributed by atoms with Crippen LogP contribution in [0, 0.1) is 5.92 Å². The van der Waals surface area contributed by atoms with Crippen molar-refractivity contribution in [3.8, 4) is 22.8 Å². The minimum absolute atomic E-state index is 0.653. The first-order valence-corrected chi connectivity index (χ1v) is 8.33. The molecule has 0 radical (unpaired) electrons. The summed E-state index contributed by atoms with van der Waals surface area (Å²) in [6.45, 7) is 5.40. The Morgan fingerprint density at radius 1 is 1.09 bits per heavy atom. The van der Waals surface area contributed by atoms with Crippen LogP contribution in [0.25, 0.3) is 22.8 Å². The van der Waals surface area contributed by atoms with Gasteiger partial charge in [0.1, 0.15) is 0 Å². The number of hydrogen-bond donors (Lipinski definition) is 0. The minimum Gasteiger partial charge on any atom is -0.245 e. The maximum absolute atomic E-state index is 4.83. The molecule has 2 aromatic carbocycles. The van der Waals surface area contributed by atoms with Gasteiger partial charge in [0.05, 0.1) is 0 Å². The van der Waals surface area contributed by atoms with Gasteiger partial charge in [-0.3, -0.25) is 0 Å². The highest BCUT2D eigenvalue weighted by Gasteiger charge is 2.20. The van der Waals surface area contributed by atoms with E-state index in [2.05, 4.69) is 62.4 Å². The van der Waals surface area contributed by atoms with Gasteiger partial charge < -0.3 is 0 Å². The molecule has 116 valence electrons. The third kappa shape index (κ3) is 2.67. The van der Waals surface area contributed by atoms with Crippen LogP contribution in [0.5, 0.6) is 0 Å². The summed E-state index contributed by atoms with van der Waals surface area (Å²) in [5.41, 5.74) is 5.05. The van der Waals surface area contributed by atoms with E-state index < -0.39 is 0 Å². The van der Waals surface area contributed by atoms with Crippen molar-refractivity contribution in [2.75, 3.05) is 0 Å². The molecule has 0 amide bonds. The maximum Gasteiger partial charge on any atom is 0.181 e. The van der Waals surface area contributed by atoms with E-state index in [-0.39, 0.29) is 0 Å². The molecule has 23 heavy (non-hydrogen) atoms. The fourth-order valence-corrected chi connectivity index (χ4v) is 3.31. The quantitative estimate of drug-likeness (QED) is 0.719. The highest BCUT2D eigenvalue weighted by atomic mass is 15.3. The van der Waals surface area contributed by atoms with Crippen molar-refractivity contribution in [2.24, 2.45) is 5.92 Å². The molecule has 0 saturated carbocycles. The number of hydrogen-bond acceptors (Lipinski definition) is 2. The molecule has 0 spiro atoms. The van der Waals surface area contributed by atoms with Gasteiger partial charge in [0.2, 0.25) is 0 Å². The van der Waals surface area contributed by atoms with Gasteiger partial charge in [-0.05, 0) is 36.0 Å². The van der Waals surface area contributed by atoms with Crippen molar-refractivity contribution in [1.82, 2.24) is 14.8 Å². The molecule has 3 nitrogen and oxygen atoms in total. The molecule has 0 unspecified atom stereocenters. The molecule has 0 aliphatic carbocycles. The predicted molar refractivity (Wildman–Crippen MR) is 93.1 cm³/mol. The molecule has 3 heteroatoms. The largest absolute Gasteiger partial charge is 0.245 e. The van der Waals surface area contributed by atoms with Gasteiger partial charge in [0, 0.05) is 17.7 Å². The van der Waals surface area contributed by atoms with E-state index in [9.17, 15) is 0 Å². The Morgan fingerprint density at radius 3 is 2.83 bits per heavy atom. The van der Waals surface area contributed by atoms with E-state index in [1.807, 2.05) is 4.68 Å². The van der Waals surface area contributed by atoms with Crippen LogP contribution in [0.2, 0.25) is 0 Å². The zero-order valence-electron chi connectivity index (χ0n) is 13.7. The fourth-order valence-electron chi connectivity index (χ4n) is 3.31. The number of aryl methyl sites for hydroxylation is 2. The average Bonchev–Trinajstić information content (AvgIpc) is 2.99. The van der Waals surface area contributed by atoms with E-state index in [0.717, 1.165) is 36.6 Å². The van der Waals surface area contributed by atoms with Crippen molar-refractivity contribution in [1.29, 1.82) is 0 Å². The molecule has 1 aliphatic heterocycles. The van der Waals surface area contributed by atoms with Gasteiger partial charge >= 0.3 is 0 Å². The molecular formula is C20H21N3. The summed E-state index contributed by atoms with van der Waals surface area (Å²) in [6.07, 6.45) is 2.11. The van der Waals surface area contributed by atoms with Crippen molar-refractivity contribution in [3.05, 3.63) is 59.7 Å². The zero-order chi connectivity index (χ0) is 15.8. The molecule has 0 fully saturated rings. The highest BCUT2D eigenvalue weighted by molar-refractivity contribution is 5.66. The highest BCUT2D eigenvalue weighted by Crippen LogP contribution is 2.29. The molecule has 3 aromatic rings. The second-order valence-corrected chi connectivity index (χ2v) is 6.69. The maximum atomic E-state index is 4.83.